The maximum absolute atomic E-state index is 11.7. The van der Waals surface area contributed by atoms with Crippen molar-refractivity contribution in [2.75, 3.05) is 5.88 Å². The number of hydrogen-bond donors (Lipinski definition) is 2. The first kappa shape index (κ1) is 15.2. The van der Waals surface area contributed by atoms with E-state index < -0.39 is 11.5 Å². The molecule has 0 rings (SSSR count). The van der Waals surface area contributed by atoms with Crippen molar-refractivity contribution >= 4 is 23.4 Å². The van der Waals surface area contributed by atoms with E-state index in [4.69, 9.17) is 11.6 Å². The molecule has 0 aliphatic rings. The summed E-state index contributed by atoms with van der Waals surface area (Å²) in [5, 5.41) is 5.37. The van der Waals surface area contributed by atoms with Crippen LogP contribution in [0, 0.1) is 5.41 Å². The molecule has 0 aromatic heterocycles. The molecule has 0 fully saturated rings. The fourth-order valence-electron chi connectivity index (χ4n) is 0.928. The molecule has 1 unspecified atom stereocenters. The summed E-state index contributed by atoms with van der Waals surface area (Å²) >= 11 is 5.67. The highest BCUT2D eigenvalue weighted by atomic mass is 35.5. The van der Waals surface area contributed by atoms with E-state index >= 15 is 0 Å². The fraction of sp³-hybridized carbons (Fsp3) is 0.818. The molecule has 0 radical (unpaired) electrons. The van der Waals surface area contributed by atoms with Gasteiger partial charge in [-0.1, -0.05) is 0 Å². The minimum Gasteiger partial charge on any atom is -0.352 e. The molecule has 0 spiro atoms. The summed E-state index contributed by atoms with van der Waals surface area (Å²) in [6, 6.07) is -0.481. The summed E-state index contributed by atoms with van der Waals surface area (Å²) in [5.74, 6) is -0.181. The van der Waals surface area contributed by atoms with Crippen LogP contribution >= 0.6 is 11.6 Å². The van der Waals surface area contributed by atoms with E-state index in [9.17, 15) is 9.59 Å². The van der Waals surface area contributed by atoms with Gasteiger partial charge in [-0.15, -0.1) is 11.6 Å². The number of alkyl halides is 1. The van der Waals surface area contributed by atoms with E-state index in [0.29, 0.717) is 0 Å². The van der Waals surface area contributed by atoms with Gasteiger partial charge in [0.2, 0.25) is 11.8 Å². The van der Waals surface area contributed by atoms with Gasteiger partial charge in [0.05, 0.1) is 5.41 Å². The van der Waals surface area contributed by atoms with Crippen LogP contribution in [0.3, 0.4) is 0 Å². The van der Waals surface area contributed by atoms with E-state index in [1.165, 1.54) is 0 Å². The highest BCUT2D eigenvalue weighted by Gasteiger charge is 2.28. The van der Waals surface area contributed by atoms with Gasteiger partial charge >= 0.3 is 0 Å². The lowest BCUT2D eigenvalue weighted by molar-refractivity contribution is -0.133. The predicted molar refractivity (Wildman–Crippen MR) is 65.4 cm³/mol. The predicted octanol–water partition coefficient (Wildman–Crippen LogP) is 1.28. The Bertz CT molecular complexity index is 265. The Morgan fingerprint density at radius 1 is 1.19 bits per heavy atom. The number of nitrogens with one attached hydrogen (secondary N) is 2. The van der Waals surface area contributed by atoms with Gasteiger partial charge in [-0.2, -0.15) is 0 Å². The third-order valence-corrected chi connectivity index (χ3v) is 2.79. The number of rotatable bonds is 5. The minimum absolute atomic E-state index is 0.0629. The van der Waals surface area contributed by atoms with Crippen molar-refractivity contribution in [1.82, 2.24) is 10.6 Å². The lowest BCUT2D eigenvalue weighted by Crippen LogP contribution is -2.50. The Hall–Kier alpha value is -0.770. The van der Waals surface area contributed by atoms with Gasteiger partial charge in [0.25, 0.3) is 0 Å². The van der Waals surface area contributed by atoms with E-state index in [0.717, 1.165) is 0 Å². The summed E-state index contributed by atoms with van der Waals surface area (Å²) in [4.78, 5) is 23.3. The van der Waals surface area contributed by atoms with Gasteiger partial charge in [0, 0.05) is 11.9 Å². The molecule has 0 heterocycles. The fourth-order valence-corrected chi connectivity index (χ4v) is 1.05. The molecule has 2 N–H and O–H groups in total. The molecule has 0 aromatic rings. The molecule has 16 heavy (non-hydrogen) atoms. The Morgan fingerprint density at radius 2 is 1.69 bits per heavy atom. The van der Waals surface area contributed by atoms with Crippen LogP contribution in [-0.4, -0.2) is 29.8 Å². The zero-order chi connectivity index (χ0) is 12.9. The number of carbonyl (C=O) groups excluding carboxylic acids is 2. The highest BCUT2D eigenvalue weighted by Crippen LogP contribution is 2.16. The first-order valence-corrected chi connectivity index (χ1v) is 5.91. The van der Waals surface area contributed by atoms with E-state index in [2.05, 4.69) is 10.6 Å². The Labute approximate surface area is 102 Å². The summed E-state index contributed by atoms with van der Waals surface area (Å²) in [7, 11) is 0. The monoisotopic (exact) mass is 248 g/mol. The molecule has 4 nitrogen and oxygen atoms in total. The molecule has 2 amide bonds. The van der Waals surface area contributed by atoms with Crippen molar-refractivity contribution < 1.29 is 9.59 Å². The molecular formula is C11H21ClN2O2. The number of halogens is 1. The van der Waals surface area contributed by atoms with Gasteiger partial charge < -0.3 is 10.6 Å². The van der Waals surface area contributed by atoms with Crippen molar-refractivity contribution in [3.8, 4) is 0 Å². The summed E-state index contributed by atoms with van der Waals surface area (Å²) in [6.07, 6.45) is 0. The van der Waals surface area contributed by atoms with Crippen LogP contribution in [0.1, 0.15) is 34.6 Å². The van der Waals surface area contributed by atoms with Crippen molar-refractivity contribution in [2.45, 2.75) is 46.7 Å². The second kappa shape index (κ2) is 6.09. The highest BCUT2D eigenvalue weighted by molar-refractivity contribution is 6.19. The summed E-state index contributed by atoms with van der Waals surface area (Å²) < 4.78 is 0. The first-order chi connectivity index (χ1) is 7.20. The third kappa shape index (κ3) is 4.84. The summed E-state index contributed by atoms with van der Waals surface area (Å²) in [5.41, 5.74) is -0.659. The summed E-state index contributed by atoms with van der Waals surface area (Å²) in [6.45, 7) is 8.87. The van der Waals surface area contributed by atoms with Crippen LogP contribution in [0.15, 0.2) is 0 Å². The second-order valence-electron chi connectivity index (χ2n) is 4.88. The van der Waals surface area contributed by atoms with Gasteiger partial charge in [-0.05, 0) is 34.6 Å². The normalized spacial score (nSPS) is 13.4. The quantitative estimate of drug-likeness (QED) is 0.721. The number of amides is 2. The molecule has 5 heteroatoms. The van der Waals surface area contributed by atoms with Crippen LogP contribution in [0.25, 0.3) is 0 Å². The van der Waals surface area contributed by atoms with Crippen molar-refractivity contribution in [3.63, 3.8) is 0 Å². The zero-order valence-electron chi connectivity index (χ0n) is 10.6. The maximum Gasteiger partial charge on any atom is 0.242 e. The molecule has 0 aliphatic carbocycles. The molecule has 0 aliphatic heterocycles. The van der Waals surface area contributed by atoms with E-state index in [1.807, 2.05) is 13.8 Å². The molecule has 0 saturated carbocycles. The van der Waals surface area contributed by atoms with E-state index in [-0.39, 0.29) is 23.7 Å². The molecule has 0 bridgehead atoms. The van der Waals surface area contributed by atoms with Gasteiger partial charge in [-0.25, -0.2) is 0 Å². The first-order valence-electron chi connectivity index (χ1n) is 5.38. The minimum atomic E-state index is -0.659. The maximum atomic E-state index is 11.7. The van der Waals surface area contributed by atoms with Gasteiger partial charge in [0.1, 0.15) is 6.04 Å². The molecular weight excluding hydrogens is 228 g/mol. The molecule has 0 aromatic carbocycles. The van der Waals surface area contributed by atoms with Crippen LogP contribution in [0.5, 0.6) is 0 Å². The van der Waals surface area contributed by atoms with Crippen molar-refractivity contribution in [3.05, 3.63) is 0 Å². The van der Waals surface area contributed by atoms with Crippen LogP contribution in [0.4, 0.5) is 0 Å². The largest absolute Gasteiger partial charge is 0.352 e. The lowest BCUT2D eigenvalue weighted by atomic mass is 9.95. The van der Waals surface area contributed by atoms with E-state index in [1.54, 1.807) is 20.8 Å². The number of hydrogen-bond acceptors (Lipinski definition) is 2. The Balaban J connectivity index is 4.30. The zero-order valence-corrected chi connectivity index (χ0v) is 11.3. The SMILES string of the molecule is CC(C)NC(=O)C(C)NC(=O)C(C)(C)CCl. The standard InChI is InChI=1S/C11H21ClN2O2/c1-7(2)13-9(15)8(3)14-10(16)11(4,5)6-12/h7-8H,6H2,1-5H3,(H,13,15)(H,14,16). The van der Waals surface area contributed by atoms with Crippen molar-refractivity contribution in [2.24, 2.45) is 5.41 Å². The van der Waals surface area contributed by atoms with Crippen LogP contribution in [0.2, 0.25) is 0 Å². The second-order valence-corrected chi connectivity index (χ2v) is 5.14. The molecule has 1 atom stereocenters. The molecule has 0 saturated heterocycles. The average molecular weight is 249 g/mol. The smallest absolute Gasteiger partial charge is 0.242 e. The Kier molecular flexibility index (Phi) is 5.79. The van der Waals surface area contributed by atoms with Crippen LogP contribution < -0.4 is 10.6 Å². The van der Waals surface area contributed by atoms with Gasteiger partial charge in [-0.3, -0.25) is 9.59 Å². The topological polar surface area (TPSA) is 58.2 Å². The molecule has 94 valence electrons. The van der Waals surface area contributed by atoms with Gasteiger partial charge in [0.15, 0.2) is 0 Å². The Morgan fingerprint density at radius 3 is 2.06 bits per heavy atom. The lowest BCUT2D eigenvalue weighted by Gasteiger charge is -2.23. The van der Waals surface area contributed by atoms with Crippen molar-refractivity contribution in [1.29, 1.82) is 0 Å². The average Bonchev–Trinajstić information content (AvgIpc) is 2.16. The third-order valence-electron chi connectivity index (χ3n) is 2.12. The number of carbonyl (C=O) groups is 2. The van der Waals surface area contributed by atoms with Crippen LogP contribution in [-0.2, 0) is 9.59 Å².